The number of nitrogens with zero attached hydrogens (tertiary/aromatic N) is 2. The summed E-state index contributed by atoms with van der Waals surface area (Å²) < 4.78 is 31.9. The molecule has 0 aromatic heterocycles. The first kappa shape index (κ1) is 24.8. The van der Waals surface area contributed by atoms with Crippen LogP contribution in [-0.4, -0.2) is 56.9 Å². The summed E-state index contributed by atoms with van der Waals surface area (Å²) in [7, 11) is -1.21. The Balaban J connectivity index is 1.95. The maximum absolute atomic E-state index is 12.4. The monoisotopic (exact) mass is 464 g/mol. The lowest BCUT2D eigenvalue weighted by molar-refractivity contribution is -0.384. The molecule has 0 unspecified atom stereocenters. The molecule has 0 aliphatic rings. The number of sulfonamides is 1. The summed E-state index contributed by atoms with van der Waals surface area (Å²) in [5.74, 6) is -1.42. The molecule has 2 aromatic rings. The molecule has 0 radical (unpaired) electrons. The Hall–Kier alpha value is -3.51. The Morgan fingerprint density at radius 3 is 2.44 bits per heavy atom. The molecule has 0 saturated carbocycles. The number of rotatable bonds is 10. The first-order valence-corrected chi connectivity index (χ1v) is 11.0. The van der Waals surface area contributed by atoms with Crippen molar-refractivity contribution in [2.24, 2.45) is 0 Å². The van der Waals surface area contributed by atoms with Crippen LogP contribution in [0.2, 0.25) is 0 Å². The molecule has 0 spiro atoms. The molecule has 0 aliphatic carbocycles. The van der Waals surface area contributed by atoms with E-state index in [9.17, 15) is 28.1 Å². The van der Waals surface area contributed by atoms with E-state index >= 15 is 0 Å². The molecule has 2 rings (SSSR count). The molecule has 2 aromatic carbocycles. The van der Waals surface area contributed by atoms with E-state index in [1.807, 2.05) is 35.1 Å². The van der Waals surface area contributed by atoms with Crippen molar-refractivity contribution >= 4 is 33.3 Å². The van der Waals surface area contributed by atoms with Crippen molar-refractivity contribution in [3.8, 4) is 0 Å². The zero-order chi connectivity index (χ0) is 23.9. The van der Waals surface area contributed by atoms with E-state index in [1.54, 1.807) is 7.05 Å². The topological polar surface area (TPSA) is 148 Å². The van der Waals surface area contributed by atoms with Gasteiger partial charge in [-0.1, -0.05) is 30.3 Å². The Labute approximate surface area is 185 Å². The van der Waals surface area contributed by atoms with Gasteiger partial charge in [0.1, 0.15) is 12.2 Å². The Kier molecular flexibility index (Phi) is 8.27. The number of nitro benzene ring substituents is 1. The van der Waals surface area contributed by atoms with Crippen molar-refractivity contribution in [3.05, 3.63) is 64.2 Å². The lowest BCUT2D eigenvalue weighted by Crippen LogP contribution is -2.39. The van der Waals surface area contributed by atoms with Gasteiger partial charge in [0, 0.05) is 26.7 Å². The number of nitro groups is 1. The summed E-state index contributed by atoms with van der Waals surface area (Å²) in [5, 5.41) is 13.7. The second-order valence-corrected chi connectivity index (χ2v) is 8.59. The lowest BCUT2D eigenvalue weighted by Gasteiger charge is -2.21. The summed E-state index contributed by atoms with van der Waals surface area (Å²) in [6.45, 7) is 0.954. The van der Waals surface area contributed by atoms with E-state index in [0.717, 1.165) is 17.7 Å². The van der Waals surface area contributed by atoms with Gasteiger partial charge in [-0.2, -0.15) is 4.72 Å². The third kappa shape index (κ3) is 6.49. The number of amides is 1. The van der Waals surface area contributed by atoms with E-state index in [2.05, 4.69) is 5.32 Å². The lowest BCUT2D eigenvalue weighted by atomic mass is 10.2. The van der Waals surface area contributed by atoms with Gasteiger partial charge in [0.15, 0.2) is 6.10 Å². The third-order valence-corrected chi connectivity index (χ3v) is 5.85. The van der Waals surface area contributed by atoms with Crippen LogP contribution < -0.4 is 10.0 Å². The van der Waals surface area contributed by atoms with Crippen molar-refractivity contribution in [3.63, 3.8) is 0 Å². The molecule has 2 N–H and O–H groups in total. The number of likely N-dealkylation sites (N-methyl/N-ethyl adjacent to an activating group) is 1. The summed E-state index contributed by atoms with van der Waals surface area (Å²) >= 11 is 0. The predicted octanol–water partition coefficient (Wildman–Crippen LogP) is 1.51. The molecular formula is C20H24N4O7S. The smallest absolute Gasteiger partial charge is 0.321 e. The number of carbonyl (C=O) groups is 2. The minimum atomic E-state index is -4.23. The summed E-state index contributed by atoms with van der Waals surface area (Å²) in [5.41, 5.74) is 0.604. The fourth-order valence-corrected chi connectivity index (χ4v) is 3.80. The standard InChI is InChI=1S/C20H24N4O7S/c1-14(20(26)23(3)13-15-7-5-4-6-8-15)31-19(25)12-22-32(29,30)16-9-10-17(21-2)18(11-16)24(27)28/h4-11,14,21-22H,12-13H2,1-3H3/t14-/m0/s1. The molecule has 172 valence electrons. The minimum Gasteiger partial charge on any atom is -0.452 e. The average Bonchev–Trinajstić information content (AvgIpc) is 2.77. The van der Waals surface area contributed by atoms with Gasteiger partial charge < -0.3 is 15.0 Å². The SMILES string of the molecule is CNc1ccc(S(=O)(=O)NCC(=O)O[C@@H](C)C(=O)N(C)Cc2ccccc2)cc1[N+](=O)[O-]. The van der Waals surface area contributed by atoms with E-state index in [4.69, 9.17) is 4.74 Å². The fraction of sp³-hybridized carbons (Fsp3) is 0.300. The summed E-state index contributed by atoms with van der Waals surface area (Å²) in [6.07, 6.45) is -1.13. The van der Waals surface area contributed by atoms with E-state index in [1.165, 1.54) is 24.9 Å². The van der Waals surface area contributed by atoms with Gasteiger partial charge in [-0.25, -0.2) is 8.42 Å². The van der Waals surface area contributed by atoms with Crippen LogP contribution in [0.5, 0.6) is 0 Å². The van der Waals surface area contributed by atoms with Crippen LogP contribution >= 0.6 is 0 Å². The highest BCUT2D eigenvalue weighted by atomic mass is 32.2. The number of carbonyl (C=O) groups excluding carboxylic acids is 2. The van der Waals surface area contributed by atoms with E-state index < -0.39 is 45.2 Å². The second-order valence-electron chi connectivity index (χ2n) is 6.82. The van der Waals surface area contributed by atoms with Gasteiger partial charge >= 0.3 is 5.97 Å². The fourth-order valence-electron chi connectivity index (χ4n) is 2.81. The predicted molar refractivity (Wildman–Crippen MR) is 116 cm³/mol. The Bertz CT molecular complexity index is 1090. The number of esters is 1. The highest BCUT2D eigenvalue weighted by molar-refractivity contribution is 7.89. The molecular weight excluding hydrogens is 440 g/mol. The highest BCUT2D eigenvalue weighted by Gasteiger charge is 2.24. The molecule has 11 nitrogen and oxygen atoms in total. The molecule has 0 aliphatic heterocycles. The zero-order valence-corrected chi connectivity index (χ0v) is 18.6. The van der Waals surface area contributed by atoms with Crippen LogP contribution in [0.15, 0.2) is 53.4 Å². The Morgan fingerprint density at radius 1 is 1.19 bits per heavy atom. The molecule has 0 bridgehead atoms. The van der Waals surface area contributed by atoms with Crippen molar-refractivity contribution in [1.29, 1.82) is 0 Å². The third-order valence-electron chi connectivity index (χ3n) is 4.45. The van der Waals surface area contributed by atoms with Gasteiger partial charge in [0.25, 0.3) is 11.6 Å². The quantitative estimate of drug-likeness (QED) is 0.305. The molecule has 12 heteroatoms. The summed E-state index contributed by atoms with van der Waals surface area (Å²) in [4.78, 5) is 35.9. The van der Waals surface area contributed by atoms with Crippen LogP contribution in [0.1, 0.15) is 12.5 Å². The molecule has 0 heterocycles. The van der Waals surface area contributed by atoms with Gasteiger partial charge in [-0.05, 0) is 24.6 Å². The van der Waals surface area contributed by atoms with E-state index in [0.29, 0.717) is 6.54 Å². The van der Waals surface area contributed by atoms with Crippen LogP contribution in [0.3, 0.4) is 0 Å². The number of anilines is 1. The number of hydrogen-bond donors (Lipinski definition) is 2. The average molecular weight is 465 g/mol. The van der Waals surface area contributed by atoms with Crippen molar-refractivity contribution in [2.45, 2.75) is 24.5 Å². The van der Waals surface area contributed by atoms with Crippen molar-refractivity contribution < 1.29 is 27.7 Å². The maximum Gasteiger partial charge on any atom is 0.321 e. The molecule has 1 amide bonds. The van der Waals surface area contributed by atoms with Gasteiger partial charge in [-0.3, -0.25) is 19.7 Å². The van der Waals surface area contributed by atoms with Crippen LogP contribution in [0, 0.1) is 10.1 Å². The molecule has 1 atom stereocenters. The Morgan fingerprint density at radius 2 is 1.84 bits per heavy atom. The van der Waals surface area contributed by atoms with Crippen molar-refractivity contribution in [1.82, 2.24) is 9.62 Å². The maximum atomic E-state index is 12.4. The number of nitrogens with one attached hydrogen (secondary N) is 2. The summed E-state index contributed by atoms with van der Waals surface area (Å²) in [6, 6.07) is 12.5. The first-order valence-electron chi connectivity index (χ1n) is 9.49. The van der Waals surface area contributed by atoms with Crippen molar-refractivity contribution in [2.75, 3.05) is 26.0 Å². The van der Waals surface area contributed by atoms with E-state index in [-0.39, 0.29) is 10.6 Å². The van der Waals surface area contributed by atoms with Gasteiger partial charge in [0.2, 0.25) is 10.0 Å². The van der Waals surface area contributed by atoms with Gasteiger partial charge in [0.05, 0.1) is 9.82 Å². The van der Waals surface area contributed by atoms with Crippen LogP contribution in [-0.2, 0) is 30.9 Å². The number of ether oxygens (including phenoxy) is 1. The molecule has 0 fully saturated rings. The van der Waals surface area contributed by atoms with Crippen LogP contribution in [0.4, 0.5) is 11.4 Å². The zero-order valence-electron chi connectivity index (χ0n) is 17.8. The second kappa shape index (κ2) is 10.7. The molecule has 0 saturated heterocycles. The normalized spacial score (nSPS) is 12.0. The molecule has 32 heavy (non-hydrogen) atoms. The minimum absolute atomic E-state index is 0.139. The number of hydrogen-bond acceptors (Lipinski definition) is 8. The largest absolute Gasteiger partial charge is 0.452 e. The highest BCUT2D eigenvalue weighted by Crippen LogP contribution is 2.26. The first-order chi connectivity index (χ1) is 15.0. The van der Waals surface area contributed by atoms with Crippen LogP contribution in [0.25, 0.3) is 0 Å². The van der Waals surface area contributed by atoms with Gasteiger partial charge in [-0.15, -0.1) is 0 Å². The number of benzene rings is 2.